The van der Waals surface area contributed by atoms with Gasteiger partial charge in [-0.15, -0.1) is 0 Å². The van der Waals surface area contributed by atoms with E-state index in [1.165, 1.54) is 12.1 Å². The Hall–Kier alpha value is -0.930. The van der Waals surface area contributed by atoms with Gasteiger partial charge in [-0.1, -0.05) is 13.0 Å². The van der Waals surface area contributed by atoms with Crippen molar-refractivity contribution in [1.29, 1.82) is 0 Å². The highest BCUT2D eigenvalue weighted by Crippen LogP contribution is 2.31. The molecule has 0 aromatic heterocycles. The molecule has 0 aliphatic carbocycles. The van der Waals surface area contributed by atoms with Crippen molar-refractivity contribution in [3.05, 3.63) is 35.1 Å². The van der Waals surface area contributed by atoms with Crippen LogP contribution in [0.25, 0.3) is 0 Å². The molecular weight excluding hydrogens is 205 g/mol. The normalized spacial score (nSPS) is 27.0. The summed E-state index contributed by atoms with van der Waals surface area (Å²) in [5, 5.41) is 0. The van der Waals surface area contributed by atoms with Crippen LogP contribution in [0.15, 0.2) is 18.2 Å². The van der Waals surface area contributed by atoms with E-state index in [2.05, 4.69) is 6.92 Å². The predicted octanol–water partition coefficient (Wildman–Crippen LogP) is 2.56. The molecule has 3 atom stereocenters. The third-order valence-corrected chi connectivity index (χ3v) is 3.39. The van der Waals surface area contributed by atoms with E-state index in [-0.39, 0.29) is 18.0 Å². The number of halogens is 1. The molecule has 0 spiro atoms. The first-order valence-electron chi connectivity index (χ1n) is 5.73. The maximum Gasteiger partial charge on any atom is 0.123 e. The molecule has 1 aliphatic rings. The van der Waals surface area contributed by atoms with Gasteiger partial charge in [0.2, 0.25) is 0 Å². The molecule has 1 aliphatic heterocycles. The average molecular weight is 223 g/mol. The smallest absolute Gasteiger partial charge is 0.123 e. The molecule has 2 nitrogen and oxygen atoms in total. The lowest BCUT2D eigenvalue weighted by molar-refractivity contribution is 0.0723. The number of benzene rings is 1. The Bertz CT molecular complexity index is 380. The van der Waals surface area contributed by atoms with Crippen molar-refractivity contribution in [1.82, 2.24) is 0 Å². The fourth-order valence-corrected chi connectivity index (χ4v) is 2.37. The Kier molecular flexibility index (Phi) is 3.26. The van der Waals surface area contributed by atoms with Crippen molar-refractivity contribution in [2.24, 2.45) is 11.7 Å². The molecule has 3 unspecified atom stereocenters. The van der Waals surface area contributed by atoms with Gasteiger partial charge >= 0.3 is 0 Å². The Morgan fingerprint density at radius 2 is 2.25 bits per heavy atom. The Balaban J connectivity index is 2.23. The van der Waals surface area contributed by atoms with Gasteiger partial charge in [-0.05, 0) is 42.5 Å². The molecule has 2 N–H and O–H groups in total. The van der Waals surface area contributed by atoms with Gasteiger partial charge in [-0.3, -0.25) is 0 Å². The second-order valence-electron chi connectivity index (χ2n) is 4.63. The lowest BCUT2D eigenvalue weighted by Gasteiger charge is -2.24. The molecule has 0 saturated carbocycles. The summed E-state index contributed by atoms with van der Waals surface area (Å²) in [6.07, 6.45) is 1.11. The van der Waals surface area contributed by atoms with E-state index in [0.717, 1.165) is 24.2 Å². The van der Waals surface area contributed by atoms with Gasteiger partial charge in [-0.25, -0.2) is 4.39 Å². The summed E-state index contributed by atoms with van der Waals surface area (Å²) >= 11 is 0. The SMILES string of the molecule is Cc1cc(F)ccc1C(N)C1OCCC1C. The minimum atomic E-state index is -0.214. The summed E-state index contributed by atoms with van der Waals surface area (Å²) in [6.45, 7) is 4.81. The van der Waals surface area contributed by atoms with Crippen LogP contribution in [0.1, 0.15) is 30.5 Å². The van der Waals surface area contributed by atoms with Crippen LogP contribution in [-0.4, -0.2) is 12.7 Å². The summed E-state index contributed by atoms with van der Waals surface area (Å²) in [6, 6.07) is 4.60. The largest absolute Gasteiger partial charge is 0.376 e. The molecule has 16 heavy (non-hydrogen) atoms. The molecular formula is C13H18FNO. The van der Waals surface area contributed by atoms with E-state index in [1.54, 1.807) is 6.07 Å². The second-order valence-corrected chi connectivity index (χ2v) is 4.63. The zero-order chi connectivity index (χ0) is 11.7. The molecule has 3 heteroatoms. The molecule has 0 amide bonds. The van der Waals surface area contributed by atoms with E-state index in [9.17, 15) is 4.39 Å². The van der Waals surface area contributed by atoms with Gasteiger partial charge in [0.05, 0.1) is 12.1 Å². The van der Waals surface area contributed by atoms with Crippen LogP contribution in [0.4, 0.5) is 4.39 Å². The van der Waals surface area contributed by atoms with Gasteiger partial charge in [0, 0.05) is 6.61 Å². The van der Waals surface area contributed by atoms with Crippen molar-refractivity contribution in [2.75, 3.05) is 6.61 Å². The number of rotatable bonds is 2. The van der Waals surface area contributed by atoms with Crippen LogP contribution in [0.5, 0.6) is 0 Å². The standard InChI is InChI=1S/C13H18FNO/c1-8-5-6-16-13(8)12(15)11-4-3-10(14)7-9(11)2/h3-4,7-8,12-13H,5-6,15H2,1-2H3. The molecule has 2 rings (SSSR count). The molecule has 88 valence electrons. The highest BCUT2D eigenvalue weighted by Gasteiger charge is 2.31. The second kappa shape index (κ2) is 4.52. The highest BCUT2D eigenvalue weighted by atomic mass is 19.1. The van der Waals surface area contributed by atoms with E-state index in [1.807, 2.05) is 6.92 Å². The molecule has 1 fully saturated rings. The van der Waals surface area contributed by atoms with Crippen LogP contribution in [0.2, 0.25) is 0 Å². The zero-order valence-electron chi connectivity index (χ0n) is 9.74. The average Bonchev–Trinajstić information content (AvgIpc) is 2.63. The summed E-state index contributed by atoms with van der Waals surface area (Å²) in [4.78, 5) is 0. The number of hydrogen-bond acceptors (Lipinski definition) is 2. The van der Waals surface area contributed by atoms with Gasteiger partial charge in [-0.2, -0.15) is 0 Å². The van der Waals surface area contributed by atoms with Crippen molar-refractivity contribution < 1.29 is 9.13 Å². The number of ether oxygens (including phenoxy) is 1. The minimum absolute atomic E-state index is 0.0594. The first-order valence-corrected chi connectivity index (χ1v) is 5.73. The van der Waals surface area contributed by atoms with Crippen molar-refractivity contribution >= 4 is 0 Å². The van der Waals surface area contributed by atoms with Crippen LogP contribution >= 0.6 is 0 Å². The Morgan fingerprint density at radius 1 is 1.50 bits per heavy atom. The monoisotopic (exact) mass is 223 g/mol. The zero-order valence-corrected chi connectivity index (χ0v) is 9.74. The minimum Gasteiger partial charge on any atom is -0.376 e. The fraction of sp³-hybridized carbons (Fsp3) is 0.538. The first kappa shape index (κ1) is 11.6. The number of aryl methyl sites for hydroxylation is 1. The Labute approximate surface area is 95.6 Å². The fourth-order valence-electron chi connectivity index (χ4n) is 2.37. The highest BCUT2D eigenvalue weighted by molar-refractivity contribution is 5.30. The van der Waals surface area contributed by atoms with Gasteiger partial charge in [0.15, 0.2) is 0 Å². The topological polar surface area (TPSA) is 35.2 Å². The molecule has 0 bridgehead atoms. The lowest BCUT2D eigenvalue weighted by Crippen LogP contribution is -2.30. The molecule has 0 radical (unpaired) electrons. The van der Waals surface area contributed by atoms with E-state index < -0.39 is 0 Å². The van der Waals surface area contributed by atoms with E-state index >= 15 is 0 Å². The predicted molar refractivity (Wildman–Crippen MR) is 61.6 cm³/mol. The molecule has 1 heterocycles. The number of hydrogen-bond donors (Lipinski definition) is 1. The van der Waals surface area contributed by atoms with Gasteiger partial charge in [0.1, 0.15) is 5.82 Å². The summed E-state index contributed by atoms with van der Waals surface area (Å²) in [5.41, 5.74) is 8.08. The number of nitrogens with two attached hydrogens (primary N) is 1. The van der Waals surface area contributed by atoms with E-state index in [4.69, 9.17) is 10.5 Å². The summed E-state index contributed by atoms with van der Waals surface area (Å²) < 4.78 is 18.6. The van der Waals surface area contributed by atoms with E-state index in [0.29, 0.717) is 5.92 Å². The lowest BCUT2D eigenvalue weighted by atomic mass is 9.91. The maximum absolute atomic E-state index is 13.0. The van der Waals surface area contributed by atoms with Gasteiger partial charge in [0.25, 0.3) is 0 Å². The molecule has 1 saturated heterocycles. The van der Waals surface area contributed by atoms with Gasteiger partial charge < -0.3 is 10.5 Å². The van der Waals surface area contributed by atoms with Crippen molar-refractivity contribution in [3.8, 4) is 0 Å². The first-order chi connectivity index (χ1) is 7.59. The summed E-state index contributed by atoms with van der Waals surface area (Å²) in [5.74, 6) is 0.258. The third kappa shape index (κ3) is 2.11. The molecule has 1 aromatic rings. The third-order valence-electron chi connectivity index (χ3n) is 3.39. The Morgan fingerprint density at radius 3 is 2.81 bits per heavy atom. The maximum atomic E-state index is 13.0. The van der Waals surface area contributed by atoms with Crippen LogP contribution < -0.4 is 5.73 Å². The van der Waals surface area contributed by atoms with Crippen LogP contribution in [-0.2, 0) is 4.74 Å². The van der Waals surface area contributed by atoms with Crippen LogP contribution in [0.3, 0.4) is 0 Å². The van der Waals surface area contributed by atoms with Crippen LogP contribution in [0, 0.1) is 18.7 Å². The summed E-state index contributed by atoms with van der Waals surface area (Å²) in [7, 11) is 0. The molecule has 1 aromatic carbocycles. The van der Waals surface area contributed by atoms with Crippen molar-refractivity contribution in [3.63, 3.8) is 0 Å². The quantitative estimate of drug-likeness (QED) is 0.836. The van der Waals surface area contributed by atoms with Crippen molar-refractivity contribution in [2.45, 2.75) is 32.4 Å².